The number of ether oxygens (including phenoxy) is 3. The van der Waals surface area contributed by atoms with Gasteiger partial charge < -0.3 is 24.8 Å². The number of methoxy groups -OCH3 is 1. The topological polar surface area (TPSA) is 90.2 Å². The lowest BCUT2D eigenvalue weighted by atomic mass is 9.79. The van der Waals surface area contributed by atoms with Gasteiger partial charge in [0.05, 0.1) is 36.6 Å². The van der Waals surface area contributed by atoms with Crippen LogP contribution in [0.2, 0.25) is 0 Å². The number of nitrogens with one attached hydrogen (secondary N) is 2. The monoisotopic (exact) mass is 552 g/mol. The van der Waals surface area contributed by atoms with Crippen molar-refractivity contribution in [2.75, 3.05) is 45.0 Å². The van der Waals surface area contributed by atoms with E-state index in [-0.39, 0.29) is 29.1 Å². The normalized spacial score (nSPS) is 24.5. The lowest BCUT2D eigenvalue weighted by molar-refractivity contribution is -0.122. The molecule has 3 atom stereocenters. The number of hydrogen-bond acceptors (Lipinski definition) is 6. The summed E-state index contributed by atoms with van der Waals surface area (Å²) in [5.41, 5.74) is -0.441. The molecule has 2 N–H and O–H groups in total. The van der Waals surface area contributed by atoms with Gasteiger partial charge in [-0.2, -0.15) is 11.8 Å². The minimum absolute atomic E-state index is 0.0536. The van der Waals surface area contributed by atoms with Crippen LogP contribution in [0.1, 0.15) is 79.1 Å². The molecular formula is C29H50N3O5S+. The summed E-state index contributed by atoms with van der Waals surface area (Å²) in [6.45, 7) is 20.2. The lowest BCUT2D eigenvalue weighted by Crippen LogP contribution is -2.58. The van der Waals surface area contributed by atoms with Crippen molar-refractivity contribution in [2.45, 2.75) is 102 Å². The van der Waals surface area contributed by atoms with Gasteiger partial charge in [-0.1, -0.05) is 11.4 Å². The molecule has 0 aromatic carbocycles. The van der Waals surface area contributed by atoms with E-state index in [0.29, 0.717) is 50.7 Å². The van der Waals surface area contributed by atoms with Crippen molar-refractivity contribution in [2.24, 2.45) is 5.92 Å². The van der Waals surface area contributed by atoms with Crippen LogP contribution in [0.15, 0.2) is 12.2 Å². The van der Waals surface area contributed by atoms with Crippen LogP contribution < -0.4 is 10.6 Å². The number of fused-ring (bicyclic) bond motifs is 1. The van der Waals surface area contributed by atoms with Crippen molar-refractivity contribution < 1.29 is 23.8 Å². The third-order valence-corrected chi connectivity index (χ3v) is 9.07. The van der Waals surface area contributed by atoms with Gasteiger partial charge in [-0.05, 0) is 77.9 Å². The van der Waals surface area contributed by atoms with Crippen LogP contribution in [-0.4, -0.2) is 79.6 Å². The van der Waals surface area contributed by atoms with Crippen LogP contribution in [0.5, 0.6) is 0 Å². The van der Waals surface area contributed by atoms with Gasteiger partial charge in [0, 0.05) is 32.3 Å². The zero-order valence-electron chi connectivity index (χ0n) is 24.2. The minimum Gasteiger partial charge on any atom is -0.385 e. The molecule has 2 heterocycles. The summed E-state index contributed by atoms with van der Waals surface area (Å²) >= 11 is 1.84. The Morgan fingerprint density at radius 2 is 1.87 bits per heavy atom. The summed E-state index contributed by atoms with van der Waals surface area (Å²) in [5, 5.41) is 6.05. The Hall–Kier alpha value is -1.60. The van der Waals surface area contributed by atoms with E-state index in [1.54, 1.807) is 7.11 Å². The molecule has 2 aliphatic heterocycles. The number of carbonyl (C=O) groups excluding carboxylic acids is 2. The zero-order chi connectivity index (χ0) is 28.2. The third kappa shape index (κ3) is 10.9. The average Bonchev–Trinajstić information content (AvgIpc) is 2.84. The SMILES string of the molecule is C#[N+][C@]12CSC[C@@H](CCCC(=O)NCCOC(C)(C)CCOC(C)(C)CCOC)CC[C@H]1NC(=O)C(=C)C2. The predicted molar refractivity (Wildman–Crippen MR) is 155 cm³/mol. The number of amides is 2. The summed E-state index contributed by atoms with van der Waals surface area (Å²) in [7, 11) is 1.70. The Balaban J connectivity index is 1.61. The Morgan fingerprint density at radius 3 is 2.55 bits per heavy atom. The van der Waals surface area contributed by atoms with Crippen LogP contribution in [0.25, 0.3) is 4.85 Å². The molecule has 2 saturated heterocycles. The van der Waals surface area contributed by atoms with Gasteiger partial charge >= 0.3 is 5.54 Å². The minimum atomic E-state index is -0.454. The first-order valence-electron chi connectivity index (χ1n) is 13.9. The molecular weight excluding hydrogens is 502 g/mol. The summed E-state index contributed by atoms with van der Waals surface area (Å²) in [6, 6.07) is -0.0536. The standard InChI is InChI=1S/C29H49N3O5S/c1-22-19-29(30-6)21-38-20-23(11-12-24(29)32-26(22)34)9-8-10-25(33)31-15-18-37-28(4,5)14-17-36-27(2,3)13-16-35-7/h6,23-24H,1,8-21H2,2-5,7H3,(H-,31,32,33,34)/p+1/t23-,24+,29+/m0/s1. The van der Waals surface area contributed by atoms with Gasteiger partial charge in [0.15, 0.2) is 0 Å². The number of piperidine rings is 1. The fourth-order valence-electron chi connectivity index (χ4n) is 4.97. The quantitative estimate of drug-likeness (QED) is 0.228. The van der Waals surface area contributed by atoms with Crippen molar-refractivity contribution in [3.8, 4) is 6.57 Å². The first kappa shape index (κ1) is 32.6. The summed E-state index contributed by atoms with van der Waals surface area (Å²) in [4.78, 5) is 28.7. The van der Waals surface area contributed by atoms with E-state index in [4.69, 9.17) is 20.8 Å². The van der Waals surface area contributed by atoms with Gasteiger partial charge in [0.1, 0.15) is 6.04 Å². The highest BCUT2D eigenvalue weighted by molar-refractivity contribution is 7.99. The molecule has 2 aliphatic rings. The fourth-order valence-corrected chi connectivity index (χ4v) is 6.49. The summed E-state index contributed by atoms with van der Waals surface area (Å²) in [5.74, 6) is 2.28. The van der Waals surface area contributed by atoms with E-state index >= 15 is 0 Å². The fraction of sp³-hybridized carbons (Fsp3) is 0.828. The van der Waals surface area contributed by atoms with Gasteiger partial charge in [0.2, 0.25) is 11.8 Å². The maximum Gasteiger partial charge on any atom is 0.313 e. The van der Waals surface area contributed by atoms with Crippen LogP contribution in [0.3, 0.4) is 0 Å². The van der Waals surface area contributed by atoms with Crippen molar-refractivity contribution in [1.82, 2.24) is 10.6 Å². The zero-order valence-corrected chi connectivity index (χ0v) is 25.1. The molecule has 0 aromatic heterocycles. The summed E-state index contributed by atoms with van der Waals surface area (Å²) in [6.07, 6.45) is 6.33. The number of hydrogen-bond donors (Lipinski definition) is 2. The highest BCUT2D eigenvalue weighted by atomic mass is 32.2. The number of carbonyl (C=O) groups is 2. The molecule has 9 heteroatoms. The second kappa shape index (κ2) is 15.3. The van der Waals surface area contributed by atoms with Gasteiger partial charge in [-0.3, -0.25) is 9.59 Å². The third-order valence-electron chi connectivity index (χ3n) is 7.66. The highest BCUT2D eigenvalue weighted by Gasteiger charge is 2.54. The van der Waals surface area contributed by atoms with Gasteiger partial charge in [0.25, 0.3) is 6.57 Å². The van der Waals surface area contributed by atoms with E-state index in [2.05, 4.69) is 35.9 Å². The van der Waals surface area contributed by atoms with Crippen molar-refractivity contribution in [3.05, 3.63) is 17.0 Å². The van der Waals surface area contributed by atoms with E-state index in [0.717, 1.165) is 50.0 Å². The molecule has 0 unspecified atom stereocenters. The largest absolute Gasteiger partial charge is 0.385 e. The van der Waals surface area contributed by atoms with Crippen LogP contribution in [0, 0.1) is 12.5 Å². The Morgan fingerprint density at radius 1 is 1.18 bits per heavy atom. The van der Waals surface area contributed by atoms with Crippen LogP contribution in [0.4, 0.5) is 0 Å². The second-order valence-electron chi connectivity index (χ2n) is 11.9. The Kier molecular flexibility index (Phi) is 13.1. The van der Waals surface area contributed by atoms with E-state index in [9.17, 15) is 9.59 Å². The molecule has 0 aromatic rings. The average molecular weight is 553 g/mol. The molecule has 38 heavy (non-hydrogen) atoms. The second-order valence-corrected chi connectivity index (χ2v) is 13.0. The Labute approximate surface area is 234 Å². The Bertz CT molecular complexity index is 841. The first-order chi connectivity index (χ1) is 17.9. The highest BCUT2D eigenvalue weighted by Crippen LogP contribution is 2.38. The van der Waals surface area contributed by atoms with E-state index < -0.39 is 5.54 Å². The van der Waals surface area contributed by atoms with Gasteiger partial charge in [-0.25, -0.2) is 0 Å². The molecule has 0 saturated carbocycles. The van der Waals surface area contributed by atoms with Crippen LogP contribution >= 0.6 is 11.8 Å². The van der Waals surface area contributed by atoms with E-state index in [1.807, 2.05) is 25.6 Å². The number of nitrogens with zero attached hydrogens (tertiary/aromatic N) is 1. The molecule has 2 amide bonds. The lowest BCUT2D eigenvalue weighted by Gasteiger charge is -2.36. The van der Waals surface area contributed by atoms with Crippen molar-refractivity contribution in [3.63, 3.8) is 0 Å². The molecule has 2 fully saturated rings. The molecule has 0 bridgehead atoms. The first-order valence-corrected chi connectivity index (χ1v) is 15.1. The number of rotatable bonds is 15. The molecule has 0 radical (unpaired) electrons. The van der Waals surface area contributed by atoms with Crippen LogP contribution in [-0.2, 0) is 23.8 Å². The molecule has 0 spiro atoms. The maximum atomic E-state index is 12.4. The number of thioether (sulfide) groups is 1. The molecule has 216 valence electrons. The predicted octanol–water partition coefficient (Wildman–Crippen LogP) is 4.58. The van der Waals surface area contributed by atoms with Gasteiger partial charge in [-0.15, -0.1) is 0 Å². The molecule has 2 rings (SSSR count). The van der Waals surface area contributed by atoms with Crippen molar-refractivity contribution in [1.29, 1.82) is 0 Å². The maximum absolute atomic E-state index is 12.4. The van der Waals surface area contributed by atoms with E-state index in [1.165, 1.54) is 0 Å². The molecule has 8 nitrogen and oxygen atoms in total. The smallest absolute Gasteiger partial charge is 0.313 e. The van der Waals surface area contributed by atoms with Crippen molar-refractivity contribution >= 4 is 23.6 Å². The molecule has 0 aliphatic carbocycles. The summed E-state index contributed by atoms with van der Waals surface area (Å²) < 4.78 is 17.1.